The minimum absolute atomic E-state index is 0.633. The molecule has 1 aromatic carbocycles. The largest absolute Gasteiger partial charge is 0.378 e. The van der Waals surface area contributed by atoms with Gasteiger partial charge in [0.25, 0.3) is 0 Å². The van der Waals surface area contributed by atoms with Gasteiger partial charge < -0.3 is 4.90 Å². The van der Waals surface area contributed by atoms with Gasteiger partial charge in [-0.25, -0.2) is 5.53 Å². The average molecular weight is 271 g/mol. The van der Waals surface area contributed by atoms with E-state index < -0.39 is 0 Å². The number of benzene rings is 1. The van der Waals surface area contributed by atoms with Crippen LogP contribution in [0.15, 0.2) is 46.5 Å². The Morgan fingerprint density at radius 3 is 2.75 bits per heavy atom. The number of fused-ring (bicyclic) bond motifs is 1. The summed E-state index contributed by atoms with van der Waals surface area (Å²) >= 11 is 0. The summed E-state index contributed by atoms with van der Waals surface area (Å²) in [4.78, 5) is 6.61. The van der Waals surface area contributed by atoms with Crippen LogP contribution in [0.25, 0.3) is 0 Å². The van der Waals surface area contributed by atoms with Gasteiger partial charge in [0.05, 0.1) is 6.54 Å². The summed E-state index contributed by atoms with van der Waals surface area (Å²) in [6.45, 7) is 0.633. The summed E-state index contributed by atoms with van der Waals surface area (Å²) in [6.07, 6.45) is 3.79. The molecule has 0 atom stereocenters. The van der Waals surface area contributed by atoms with E-state index in [1.807, 2.05) is 26.2 Å². The SMILES string of the molecule is CN(C)c1ccc(CN=C2C=CC3=NNNN3N2)cc1. The first kappa shape index (κ1) is 12.5. The van der Waals surface area contributed by atoms with Gasteiger partial charge in [-0.05, 0) is 29.8 Å². The number of hydrogen-bond donors (Lipinski definition) is 3. The molecular weight excluding hydrogens is 254 g/mol. The lowest BCUT2D eigenvalue weighted by atomic mass is 10.2. The molecule has 7 nitrogen and oxygen atoms in total. The zero-order valence-corrected chi connectivity index (χ0v) is 11.5. The average Bonchev–Trinajstić information content (AvgIpc) is 2.93. The van der Waals surface area contributed by atoms with Crippen LogP contribution in [0, 0.1) is 0 Å². The first-order chi connectivity index (χ1) is 9.72. The van der Waals surface area contributed by atoms with Gasteiger partial charge in [0.2, 0.25) is 0 Å². The van der Waals surface area contributed by atoms with Gasteiger partial charge in [-0.2, -0.15) is 5.12 Å². The number of rotatable bonds is 3. The van der Waals surface area contributed by atoms with E-state index >= 15 is 0 Å². The van der Waals surface area contributed by atoms with E-state index in [0.717, 1.165) is 11.7 Å². The third-order valence-corrected chi connectivity index (χ3v) is 3.06. The minimum Gasteiger partial charge on any atom is -0.378 e. The highest BCUT2D eigenvalue weighted by atomic mass is 15.9. The van der Waals surface area contributed by atoms with E-state index in [2.05, 4.69) is 55.8 Å². The lowest BCUT2D eigenvalue weighted by Crippen LogP contribution is -2.53. The Kier molecular flexibility index (Phi) is 3.26. The fourth-order valence-corrected chi connectivity index (χ4v) is 1.91. The zero-order valence-electron chi connectivity index (χ0n) is 11.5. The van der Waals surface area contributed by atoms with E-state index in [1.54, 1.807) is 5.12 Å². The number of anilines is 1. The maximum absolute atomic E-state index is 4.53. The molecule has 0 radical (unpaired) electrons. The summed E-state index contributed by atoms with van der Waals surface area (Å²) in [7, 11) is 4.06. The van der Waals surface area contributed by atoms with Crippen molar-refractivity contribution in [2.75, 3.05) is 19.0 Å². The van der Waals surface area contributed by atoms with Gasteiger partial charge in [0.15, 0.2) is 5.84 Å². The van der Waals surface area contributed by atoms with E-state index in [9.17, 15) is 0 Å². The Hall–Kier alpha value is -2.54. The Bertz CT molecular complexity index is 571. The van der Waals surface area contributed by atoms with Crippen LogP contribution in [-0.4, -0.2) is 30.9 Å². The topological polar surface area (TPSA) is 67.3 Å². The quantitative estimate of drug-likeness (QED) is 0.741. The molecule has 0 unspecified atom stereocenters. The molecular formula is C13H17N7. The molecule has 0 fully saturated rings. The Labute approximate surface area is 117 Å². The third-order valence-electron chi connectivity index (χ3n) is 3.06. The molecule has 104 valence electrons. The molecule has 0 amide bonds. The van der Waals surface area contributed by atoms with Crippen LogP contribution in [0.2, 0.25) is 0 Å². The number of hydrazine groups is 3. The van der Waals surface area contributed by atoms with Crippen LogP contribution in [-0.2, 0) is 6.54 Å². The van der Waals surface area contributed by atoms with Crippen molar-refractivity contribution in [1.29, 1.82) is 0 Å². The third kappa shape index (κ3) is 2.57. The number of hydrogen-bond acceptors (Lipinski definition) is 6. The lowest BCUT2D eigenvalue weighted by Gasteiger charge is -2.22. The fraction of sp³-hybridized carbons (Fsp3) is 0.231. The molecule has 20 heavy (non-hydrogen) atoms. The molecule has 0 spiro atoms. The molecule has 7 heteroatoms. The van der Waals surface area contributed by atoms with E-state index in [0.29, 0.717) is 6.54 Å². The monoisotopic (exact) mass is 271 g/mol. The van der Waals surface area contributed by atoms with Crippen molar-refractivity contribution in [1.82, 2.24) is 21.6 Å². The fourth-order valence-electron chi connectivity index (χ4n) is 1.91. The summed E-state index contributed by atoms with van der Waals surface area (Å²) in [6, 6.07) is 8.37. The summed E-state index contributed by atoms with van der Waals surface area (Å²) in [5, 5.41) is 5.68. The predicted molar refractivity (Wildman–Crippen MR) is 79.7 cm³/mol. The smallest absolute Gasteiger partial charge is 0.187 e. The number of nitrogens with one attached hydrogen (secondary N) is 3. The maximum atomic E-state index is 4.53. The highest BCUT2D eigenvalue weighted by molar-refractivity contribution is 6.06. The van der Waals surface area contributed by atoms with Crippen LogP contribution < -0.4 is 21.4 Å². The van der Waals surface area contributed by atoms with Crippen LogP contribution in [0.4, 0.5) is 5.69 Å². The van der Waals surface area contributed by atoms with Crippen LogP contribution >= 0.6 is 0 Å². The Morgan fingerprint density at radius 1 is 1.20 bits per heavy atom. The number of amidine groups is 2. The highest BCUT2D eigenvalue weighted by Gasteiger charge is 2.18. The highest BCUT2D eigenvalue weighted by Crippen LogP contribution is 2.13. The standard InChI is InChI=1S/C13H17N7/c1-19(2)11-5-3-10(4-6-11)9-14-12-7-8-13-15-17-18-20(13)16-12/h3-8,17-18H,9H2,1-2H3,(H,14,16). The summed E-state index contributed by atoms with van der Waals surface area (Å²) in [5.74, 6) is 1.57. The summed E-state index contributed by atoms with van der Waals surface area (Å²) < 4.78 is 0. The Morgan fingerprint density at radius 2 is 2.00 bits per heavy atom. The molecule has 0 saturated heterocycles. The van der Waals surface area contributed by atoms with Crippen molar-refractivity contribution in [2.45, 2.75) is 6.54 Å². The van der Waals surface area contributed by atoms with E-state index in [1.165, 1.54) is 11.3 Å². The second kappa shape index (κ2) is 5.22. The lowest BCUT2D eigenvalue weighted by molar-refractivity contribution is 0.259. The molecule has 0 aliphatic carbocycles. The van der Waals surface area contributed by atoms with Crippen LogP contribution in [0.1, 0.15) is 5.56 Å². The predicted octanol–water partition coefficient (Wildman–Crippen LogP) is 0.364. The molecule has 0 bridgehead atoms. The summed E-state index contributed by atoms with van der Waals surface area (Å²) in [5.41, 5.74) is 11.0. The number of hydrazone groups is 1. The van der Waals surface area contributed by atoms with Gasteiger partial charge in [0.1, 0.15) is 5.84 Å². The molecule has 2 aliphatic rings. The zero-order chi connectivity index (χ0) is 13.9. The van der Waals surface area contributed by atoms with Gasteiger partial charge in [0, 0.05) is 19.8 Å². The van der Waals surface area contributed by atoms with Crippen molar-refractivity contribution in [3.05, 3.63) is 42.0 Å². The molecule has 1 aromatic rings. The van der Waals surface area contributed by atoms with Crippen molar-refractivity contribution in [2.24, 2.45) is 10.1 Å². The van der Waals surface area contributed by atoms with Gasteiger partial charge in [-0.15, -0.1) is 10.6 Å². The second-order valence-electron chi connectivity index (χ2n) is 4.74. The molecule has 2 aliphatic heterocycles. The molecule has 2 heterocycles. The first-order valence-corrected chi connectivity index (χ1v) is 6.36. The number of aliphatic imine (C=N–C) groups is 1. The molecule has 3 N–H and O–H groups in total. The van der Waals surface area contributed by atoms with E-state index in [-0.39, 0.29) is 0 Å². The van der Waals surface area contributed by atoms with Crippen molar-refractivity contribution in [3.63, 3.8) is 0 Å². The van der Waals surface area contributed by atoms with Gasteiger partial charge in [-0.3, -0.25) is 10.4 Å². The first-order valence-electron chi connectivity index (χ1n) is 6.36. The van der Waals surface area contributed by atoms with Gasteiger partial charge >= 0.3 is 0 Å². The molecule has 0 aromatic heterocycles. The maximum Gasteiger partial charge on any atom is 0.187 e. The van der Waals surface area contributed by atoms with Crippen molar-refractivity contribution in [3.8, 4) is 0 Å². The Balaban J connectivity index is 1.65. The second-order valence-corrected chi connectivity index (χ2v) is 4.74. The van der Waals surface area contributed by atoms with Gasteiger partial charge in [-0.1, -0.05) is 12.1 Å². The number of nitrogens with zero attached hydrogens (tertiary/aromatic N) is 4. The molecule has 0 saturated carbocycles. The van der Waals surface area contributed by atoms with E-state index in [4.69, 9.17) is 0 Å². The van der Waals surface area contributed by atoms with Crippen molar-refractivity contribution < 1.29 is 0 Å². The van der Waals surface area contributed by atoms with Crippen LogP contribution in [0.3, 0.4) is 0 Å². The van der Waals surface area contributed by atoms with Crippen molar-refractivity contribution >= 4 is 17.4 Å². The minimum atomic E-state index is 0.633. The van der Waals surface area contributed by atoms with Crippen LogP contribution in [0.5, 0.6) is 0 Å². The normalized spacial score (nSPS) is 18.4. The molecule has 3 rings (SSSR count).